The van der Waals surface area contributed by atoms with Crippen LogP contribution in [0, 0.1) is 13.8 Å². The zero-order valence-corrected chi connectivity index (χ0v) is 16.8. The summed E-state index contributed by atoms with van der Waals surface area (Å²) in [6.07, 6.45) is 0. The summed E-state index contributed by atoms with van der Waals surface area (Å²) in [6, 6.07) is 8.88. The number of Topliss-reactive ketones (excluding diaryl/α,β-unsaturated/α-hetero) is 1. The van der Waals surface area contributed by atoms with Crippen molar-refractivity contribution >= 4 is 17.7 Å². The molecule has 1 aliphatic rings. The minimum absolute atomic E-state index is 0.272. The molecule has 0 spiro atoms. The summed E-state index contributed by atoms with van der Waals surface area (Å²) >= 11 is 0. The topological polar surface area (TPSA) is 80.6 Å². The molecule has 7 heteroatoms. The SMILES string of the molecule is CCOc1ccc(-n2c(C)cc(C(=O)CN3C(=O)NC(C)(C)C3=O)c2C)cc1. The molecule has 0 unspecified atom stereocenters. The smallest absolute Gasteiger partial charge is 0.325 e. The molecule has 1 N–H and O–H groups in total. The highest BCUT2D eigenvalue weighted by molar-refractivity contribution is 6.11. The van der Waals surface area contributed by atoms with Gasteiger partial charge >= 0.3 is 6.03 Å². The Bertz CT molecular complexity index is 941. The number of ketones is 1. The van der Waals surface area contributed by atoms with E-state index in [1.54, 1.807) is 19.9 Å². The fourth-order valence-corrected chi connectivity index (χ4v) is 3.49. The number of hydrogen-bond donors (Lipinski definition) is 1. The largest absolute Gasteiger partial charge is 0.494 e. The van der Waals surface area contributed by atoms with Gasteiger partial charge in [0.1, 0.15) is 11.3 Å². The van der Waals surface area contributed by atoms with Gasteiger partial charge in [0.15, 0.2) is 5.78 Å². The Kier molecular flexibility index (Phi) is 5.02. The van der Waals surface area contributed by atoms with Crippen LogP contribution < -0.4 is 10.1 Å². The highest BCUT2D eigenvalue weighted by Crippen LogP contribution is 2.24. The normalized spacial score (nSPS) is 15.7. The first-order valence-corrected chi connectivity index (χ1v) is 9.25. The number of benzene rings is 1. The van der Waals surface area contributed by atoms with E-state index in [9.17, 15) is 14.4 Å². The van der Waals surface area contributed by atoms with Crippen LogP contribution in [0.15, 0.2) is 30.3 Å². The van der Waals surface area contributed by atoms with Gasteiger partial charge in [-0.2, -0.15) is 0 Å². The van der Waals surface area contributed by atoms with Crippen molar-refractivity contribution in [3.05, 3.63) is 47.3 Å². The van der Waals surface area contributed by atoms with E-state index in [0.29, 0.717) is 12.2 Å². The standard InChI is InChI=1S/C21H25N3O4/c1-6-28-16-9-7-15(8-10-16)24-13(2)11-17(14(24)3)18(25)12-23-19(26)21(4,5)22-20(23)27/h7-11H,6,12H2,1-5H3,(H,22,27). The Balaban J connectivity index is 1.86. The van der Waals surface area contributed by atoms with E-state index in [2.05, 4.69) is 5.32 Å². The molecule has 0 bridgehead atoms. The van der Waals surface area contributed by atoms with Crippen LogP contribution in [0.25, 0.3) is 5.69 Å². The van der Waals surface area contributed by atoms with Crippen molar-refractivity contribution in [3.63, 3.8) is 0 Å². The number of hydrogen-bond acceptors (Lipinski definition) is 4. The lowest BCUT2D eigenvalue weighted by Crippen LogP contribution is -2.41. The molecule has 3 amide bonds. The second-order valence-electron chi connectivity index (χ2n) is 7.42. The average Bonchev–Trinajstić information content (AvgIpc) is 3.03. The molecular formula is C21H25N3O4. The van der Waals surface area contributed by atoms with E-state index in [1.165, 1.54) is 0 Å². The lowest BCUT2D eigenvalue weighted by molar-refractivity contribution is -0.129. The van der Waals surface area contributed by atoms with Crippen LogP contribution in [0.2, 0.25) is 0 Å². The van der Waals surface area contributed by atoms with Crippen molar-refractivity contribution < 1.29 is 19.1 Å². The van der Waals surface area contributed by atoms with Crippen molar-refractivity contribution in [1.82, 2.24) is 14.8 Å². The first-order valence-electron chi connectivity index (χ1n) is 9.25. The Morgan fingerprint density at radius 1 is 1.14 bits per heavy atom. The highest BCUT2D eigenvalue weighted by Gasteiger charge is 2.45. The summed E-state index contributed by atoms with van der Waals surface area (Å²) in [5.74, 6) is 0.115. The molecular weight excluding hydrogens is 358 g/mol. The minimum atomic E-state index is -0.990. The third kappa shape index (κ3) is 3.40. The van der Waals surface area contributed by atoms with Crippen molar-refractivity contribution in [1.29, 1.82) is 0 Å². The molecule has 0 aliphatic carbocycles. The summed E-state index contributed by atoms with van der Waals surface area (Å²) in [5.41, 5.74) is 2.07. The second kappa shape index (κ2) is 7.14. The zero-order valence-electron chi connectivity index (χ0n) is 16.8. The van der Waals surface area contributed by atoms with Crippen LogP contribution in [0.1, 0.15) is 42.5 Å². The fraction of sp³-hybridized carbons (Fsp3) is 0.381. The number of urea groups is 1. The molecule has 1 aromatic heterocycles. The summed E-state index contributed by atoms with van der Waals surface area (Å²) < 4.78 is 7.44. The van der Waals surface area contributed by atoms with Crippen LogP contribution in [0.4, 0.5) is 4.79 Å². The van der Waals surface area contributed by atoms with E-state index in [1.807, 2.05) is 49.6 Å². The predicted octanol–water partition coefficient (Wildman–Crippen LogP) is 3.01. The van der Waals surface area contributed by atoms with Gasteiger partial charge in [-0.25, -0.2) is 4.79 Å². The predicted molar refractivity (Wildman–Crippen MR) is 105 cm³/mol. The summed E-state index contributed by atoms with van der Waals surface area (Å²) in [5, 5.41) is 2.59. The Hall–Kier alpha value is -3.09. The third-order valence-corrected chi connectivity index (χ3v) is 4.88. The number of aryl methyl sites for hydroxylation is 1. The van der Waals surface area contributed by atoms with Gasteiger partial charge in [-0.1, -0.05) is 0 Å². The molecule has 1 saturated heterocycles. The van der Waals surface area contributed by atoms with Gasteiger partial charge in [0.25, 0.3) is 5.91 Å². The molecule has 3 rings (SSSR count). The number of carbonyl (C=O) groups is 3. The number of carbonyl (C=O) groups excluding carboxylic acids is 3. The molecule has 1 aliphatic heterocycles. The molecule has 1 aromatic carbocycles. The van der Waals surface area contributed by atoms with Crippen molar-refractivity contribution in [3.8, 4) is 11.4 Å². The quantitative estimate of drug-likeness (QED) is 0.614. The van der Waals surface area contributed by atoms with Crippen molar-refractivity contribution in [2.75, 3.05) is 13.2 Å². The summed E-state index contributed by atoms with van der Waals surface area (Å²) in [7, 11) is 0. The fourth-order valence-electron chi connectivity index (χ4n) is 3.49. The molecule has 2 aromatic rings. The van der Waals surface area contributed by atoms with Crippen molar-refractivity contribution in [2.24, 2.45) is 0 Å². The van der Waals surface area contributed by atoms with Gasteiger partial charge in [0.2, 0.25) is 0 Å². The van der Waals surface area contributed by atoms with E-state index in [0.717, 1.165) is 27.7 Å². The third-order valence-electron chi connectivity index (χ3n) is 4.88. The molecule has 28 heavy (non-hydrogen) atoms. The molecule has 0 atom stereocenters. The van der Waals surface area contributed by atoms with Gasteiger partial charge < -0.3 is 14.6 Å². The number of rotatable bonds is 6. The lowest BCUT2D eigenvalue weighted by Gasteiger charge is -2.15. The van der Waals surface area contributed by atoms with E-state index < -0.39 is 17.5 Å². The summed E-state index contributed by atoms with van der Waals surface area (Å²) in [4.78, 5) is 38.2. The van der Waals surface area contributed by atoms with Gasteiger partial charge in [-0.05, 0) is 65.0 Å². The maximum absolute atomic E-state index is 12.9. The number of nitrogens with one attached hydrogen (secondary N) is 1. The molecule has 0 saturated carbocycles. The van der Waals surface area contributed by atoms with Crippen LogP contribution in [-0.4, -0.2) is 45.9 Å². The molecule has 1 fully saturated rings. The van der Waals surface area contributed by atoms with Gasteiger partial charge in [0.05, 0.1) is 13.2 Å². The van der Waals surface area contributed by atoms with Crippen LogP contribution >= 0.6 is 0 Å². The van der Waals surface area contributed by atoms with E-state index in [-0.39, 0.29) is 12.3 Å². The molecule has 0 radical (unpaired) electrons. The van der Waals surface area contributed by atoms with Gasteiger partial charge in [0, 0.05) is 22.6 Å². The Morgan fingerprint density at radius 2 is 1.79 bits per heavy atom. The average molecular weight is 383 g/mol. The summed E-state index contributed by atoms with van der Waals surface area (Å²) in [6.45, 7) is 9.26. The van der Waals surface area contributed by atoms with Gasteiger partial charge in [-0.3, -0.25) is 14.5 Å². The number of ether oxygens (including phenoxy) is 1. The molecule has 2 heterocycles. The second-order valence-corrected chi connectivity index (χ2v) is 7.42. The van der Waals surface area contributed by atoms with Crippen LogP contribution in [-0.2, 0) is 4.79 Å². The van der Waals surface area contributed by atoms with Crippen LogP contribution in [0.3, 0.4) is 0 Å². The zero-order chi connectivity index (χ0) is 20.6. The molecule has 7 nitrogen and oxygen atoms in total. The first-order chi connectivity index (χ1) is 13.2. The minimum Gasteiger partial charge on any atom is -0.494 e. The number of imide groups is 1. The number of nitrogens with zero attached hydrogens (tertiary/aromatic N) is 2. The van der Waals surface area contributed by atoms with Crippen LogP contribution in [0.5, 0.6) is 5.75 Å². The highest BCUT2D eigenvalue weighted by atomic mass is 16.5. The van der Waals surface area contributed by atoms with Gasteiger partial charge in [-0.15, -0.1) is 0 Å². The maximum Gasteiger partial charge on any atom is 0.325 e. The number of aromatic nitrogens is 1. The molecule has 148 valence electrons. The first kappa shape index (κ1) is 19.7. The monoisotopic (exact) mass is 383 g/mol. The number of amides is 3. The van der Waals surface area contributed by atoms with E-state index >= 15 is 0 Å². The maximum atomic E-state index is 12.9. The Morgan fingerprint density at radius 3 is 2.32 bits per heavy atom. The van der Waals surface area contributed by atoms with Crippen molar-refractivity contribution in [2.45, 2.75) is 40.2 Å². The van der Waals surface area contributed by atoms with E-state index in [4.69, 9.17) is 4.74 Å². The lowest BCUT2D eigenvalue weighted by atomic mass is 10.1. The Labute approximate surface area is 164 Å².